The Morgan fingerprint density at radius 2 is 2.36 bits per heavy atom. The van der Waals surface area contributed by atoms with Crippen molar-refractivity contribution in [1.82, 2.24) is 5.32 Å². The summed E-state index contributed by atoms with van der Waals surface area (Å²) in [6.07, 6.45) is 8.02. The number of carbonyl (C=O) groups excluding carboxylic acids is 2. The Morgan fingerprint density at radius 3 is 3.07 bits per heavy atom. The van der Waals surface area contributed by atoms with Gasteiger partial charge in [0.05, 0.1) is 24.7 Å². The van der Waals surface area contributed by atoms with Gasteiger partial charge in [-0.2, -0.15) is 5.26 Å². The number of furan rings is 1. The molecule has 0 spiro atoms. The van der Waals surface area contributed by atoms with Crippen LogP contribution in [-0.4, -0.2) is 25.2 Å². The van der Waals surface area contributed by atoms with Crippen LogP contribution in [0, 0.1) is 17.2 Å². The molecule has 146 valence electrons. The predicted molar refractivity (Wildman–Crippen MR) is 106 cm³/mol. The number of ether oxygens (including phenoxy) is 1. The maximum atomic E-state index is 12.2. The van der Waals surface area contributed by atoms with E-state index in [0.717, 1.165) is 35.3 Å². The molecular formula is C20H21N3O4S. The molecule has 2 aromatic heterocycles. The molecule has 2 N–H and O–H groups in total. The Labute approximate surface area is 167 Å². The topological polar surface area (TPSA) is 104 Å². The van der Waals surface area contributed by atoms with E-state index >= 15 is 0 Å². The van der Waals surface area contributed by atoms with E-state index in [0.29, 0.717) is 23.7 Å². The molecular weight excluding hydrogens is 378 g/mol. The van der Waals surface area contributed by atoms with E-state index < -0.39 is 6.09 Å². The van der Waals surface area contributed by atoms with Crippen LogP contribution in [0.1, 0.15) is 34.9 Å². The number of nitriles is 1. The van der Waals surface area contributed by atoms with Crippen molar-refractivity contribution in [3.8, 4) is 6.07 Å². The van der Waals surface area contributed by atoms with Gasteiger partial charge in [-0.1, -0.05) is 0 Å². The summed E-state index contributed by atoms with van der Waals surface area (Å²) in [5.41, 5.74) is 2.32. The lowest BCUT2D eigenvalue weighted by Gasteiger charge is -2.21. The van der Waals surface area contributed by atoms with Crippen molar-refractivity contribution in [2.24, 2.45) is 5.92 Å². The SMILES string of the molecule is CCNC(=O)OCC1CCc2c(sc(NC(=O)/C=C/c3ccoc3)c2C#N)C1. The summed E-state index contributed by atoms with van der Waals surface area (Å²) in [4.78, 5) is 24.7. The number of alkyl carbamates (subject to hydrolysis) is 1. The van der Waals surface area contributed by atoms with Crippen LogP contribution < -0.4 is 10.6 Å². The van der Waals surface area contributed by atoms with Gasteiger partial charge in [0.15, 0.2) is 0 Å². The smallest absolute Gasteiger partial charge is 0.407 e. The van der Waals surface area contributed by atoms with E-state index in [1.807, 2.05) is 6.92 Å². The number of fused-ring (bicyclic) bond motifs is 1. The van der Waals surface area contributed by atoms with Crippen molar-refractivity contribution >= 4 is 34.4 Å². The fourth-order valence-electron chi connectivity index (χ4n) is 3.09. The van der Waals surface area contributed by atoms with E-state index in [4.69, 9.17) is 9.15 Å². The minimum Gasteiger partial charge on any atom is -0.472 e. The van der Waals surface area contributed by atoms with Gasteiger partial charge in [0.25, 0.3) is 0 Å². The first-order valence-corrected chi connectivity index (χ1v) is 9.88. The third-order valence-electron chi connectivity index (χ3n) is 4.46. The lowest BCUT2D eigenvalue weighted by Crippen LogP contribution is -2.27. The third-order valence-corrected chi connectivity index (χ3v) is 5.63. The Kier molecular flexibility index (Phi) is 6.50. The lowest BCUT2D eigenvalue weighted by molar-refractivity contribution is -0.111. The average molecular weight is 399 g/mol. The number of amides is 2. The number of nitrogens with one attached hydrogen (secondary N) is 2. The van der Waals surface area contributed by atoms with E-state index in [-0.39, 0.29) is 11.8 Å². The molecule has 2 aromatic rings. The van der Waals surface area contributed by atoms with Crippen molar-refractivity contribution in [3.63, 3.8) is 0 Å². The van der Waals surface area contributed by atoms with Crippen LogP contribution in [0.25, 0.3) is 6.08 Å². The zero-order chi connectivity index (χ0) is 19.9. The second kappa shape index (κ2) is 9.24. The van der Waals surface area contributed by atoms with Gasteiger partial charge in [0.2, 0.25) is 5.91 Å². The fraction of sp³-hybridized carbons (Fsp3) is 0.350. The fourth-order valence-corrected chi connectivity index (χ4v) is 4.40. The van der Waals surface area contributed by atoms with Crippen molar-refractivity contribution in [1.29, 1.82) is 5.26 Å². The highest BCUT2D eigenvalue weighted by molar-refractivity contribution is 7.16. The molecule has 2 heterocycles. The molecule has 0 saturated heterocycles. The molecule has 1 aliphatic carbocycles. The van der Waals surface area contributed by atoms with Gasteiger partial charge in [-0.05, 0) is 49.8 Å². The summed E-state index contributed by atoms with van der Waals surface area (Å²) < 4.78 is 10.2. The van der Waals surface area contributed by atoms with Crippen LogP contribution >= 0.6 is 11.3 Å². The zero-order valence-corrected chi connectivity index (χ0v) is 16.3. The van der Waals surface area contributed by atoms with Gasteiger partial charge in [0, 0.05) is 23.1 Å². The van der Waals surface area contributed by atoms with E-state index in [2.05, 4.69) is 16.7 Å². The van der Waals surface area contributed by atoms with E-state index in [1.54, 1.807) is 12.1 Å². The molecule has 3 rings (SSSR count). The molecule has 1 unspecified atom stereocenters. The number of rotatable bonds is 6. The first-order valence-electron chi connectivity index (χ1n) is 9.07. The standard InChI is InChI=1S/C20H21N3O4S/c1-2-22-20(25)27-12-14-3-5-15-16(10-21)19(28-17(15)9-14)23-18(24)6-4-13-7-8-26-11-13/h4,6-8,11,14H,2-3,5,9,12H2,1H3,(H,22,25)(H,23,24)/b6-4+. The van der Waals surface area contributed by atoms with Crippen molar-refractivity contribution in [3.05, 3.63) is 46.2 Å². The number of hydrogen-bond donors (Lipinski definition) is 2. The minimum absolute atomic E-state index is 0.213. The summed E-state index contributed by atoms with van der Waals surface area (Å²) in [6.45, 7) is 2.71. The number of nitrogens with zero attached hydrogens (tertiary/aromatic N) is 1. The van der Waals surface area contributed by atoms with E-state index in [9.17, 15) is 14.9 Å². The monoisotopic (exact) mass is 399 g/mol. The normalized spacial score (nSPS) is 15.6. The van der Waals surface area contributed by atoms with Crippen LogP contribution in [-0.2, 0) is 22.4 Å². The number of carbonyl (C=O) groups is 2. The first-order chi connectivity index (χ1) is 13.6. The first kappa shape index (κ1) is 19.7. The molecule has 28 heavy (non-hydrogen) atoms. The number of hydrogen-bond acceptors (Lipinski definition) is 6. The van der Waals surface area contributed by atoms with Gasteiger partial charge in [0.1, 0.15) is 11.1 Å². The van der Waals surface area contributed by atoms with Crippen LogP contribution in [0.2, 0.25) is 0 Å². The van der Waals surface area contributed by atoms with Crippen LogP contribution in [0.4, 0.5) is 9.80 Å². The molecule has 0 aliphatic heterocycles. The largest absolute Gasteiger partial charge is 0.472 e. The maximum Gasteiger partial charge on any atom is 0.407 e. The highest BCUT2D eigenvalue weighted by Crippen LogP contribution is 2.39. The van der Waals surface area contributed by atoms with Gasteiger partial charge in [-0.25, -0.2) is 4.79 Å². The van der Waals surface area contributed by atoms with Gasteiger partial charge in [-0.15, -0.1) is 11.3 Å². The molecule has 0 saturated carbocycles. The Morgan fingerprint density at radius 1 is 1.50 bits per heavy atom. The number of thiophene rings is 1. The average Bonchev–Trinajstić information content (AvgIpc) is 3.31. The highest BCUT2D eigenvalue weighted by atomic mass is 32.1. The molecule has 2 amide bonds. The lowest BCUT2D eigenvalue weighted by atomic mass is 9.88. The number of anilines is 1. The Hall–Kier alpha value is -3.05. The van der Waals surface area contributed by atoms with Crippen LogP contribution in [0.15, 0.2) is 29.1 Å². The van der Waals surface area contributed by atoms with E-state index in [1.165, 1.54) is 29.9 Å². The second-order valence-electron chi connectivity index (χ2n) is 6.44. The summed E-state index contributed by atoms with van der Waals surface area (Å²) in [7, 11) is 0. The second-order valence-corrected chi connectivity index (χ2v) is 7.54. The zero-order valence-electron chi connectivity index (χ0n) is 15.5. The summed E-state index contributed by atoms with van der Waals surface area (Å²) in [6, 6.07) is 3.97. The van der Waals surface area contributed by atoms with Crippen LogP contribution in [0.3, 0.4) is 0 Å². The van der Waals surface area contributed by atoms with Crippen molar-refractivity contribution in [2.75, 3.05) is 18.5 Å². The van der Waals surface area contributed by atoms with Gasteiger partial charge >= 0.3 is 6.09 Å². The molecule has 1 atom stereocenters. The summed E-state index contributed by atoms with van der Waals surface area (Å²) >= 11 is 1.42. The molecule has 8 heteroatoms. The summed E-state index contributed by atoms with van der Waals surface area (Å²) in [5, 5.41) is 15.5. The quantitative estimate of drug-likeness (QED) is 0.721. The van der Waals surface area contributed by atoms with Crippen LogP contribution in [0.5, 0.6) is 0 Å². The molecule has 0 aromatic carbocycles. The Bertz CT molecular complexity index is 909. The molecule has 0 radical (unpaired) electrons. The van der Waals surface area contributed by atoms with Gasteiger partial charge < -0.3 is 19.8 Å². The van der Waals surface area contributed by atoms with Crippen molar-refractivity contribution < 1.29 is 18.7 Å². The minimum atomic E-state index is -0.408. The molecule has 0 bridgehead atoms. The Balaban J connectivity index is 1.64. The highest BCUT2D eigenvalue weighted by Gasteiger charge is 2.27. The van der Waals surface area contributed by atoms with Crippen molar-refractivity contribution in [2.45, 2.75) is 26.2 Å². The predicted octanol–water partition coefficient (Wildman–Crippen LogP) is 3.72. The molecule has 1 aliphatic rings. The van der Waals surface area contributed by atoms with Gasteiger partial charge in [-0.3, -0.25) is 4.79 Å². The third kappa shape index (κ3) is 4.81. The molecule has 7 nitrogen and oxygen atoms in total. The summed E-state index contributed by atoms with van der Waals surface area (Å²) in [5.74, 6) is -0.0859. The molecule has 0 fully saturated rings. The maximum absolute atomic E-state index is 12.2.